The van der Waals surface area contributed by atoms with Gasteiger partial charge in [0.1, 0.15) is 5.39 Å². The number of fused-ring (bicyclic) bond motifs is 1. The van der Waals surface area contributed by atoms with E-state index in [4.69, 9.17) is 0 Å². The zero-order chi connectivity index (χ0) is 11.9. The van der Waals surface area contributed by atoms with E-state index >= 15 is 0 Å². The molecule has 0 radical (unpaired) electrons. The van der Waals surface area contributed by atoms with Gasteiger partial charge in [0.2, 0.25) is 5.75 Å². The Kier molecular flexibility index (Phi) is 2.39. The van der Waals surface area contributed by atoms with Gasteiger partial charge in [-0.3, -0.25) is 10.1 Å². The van der Waals surface area contributed by atoms with E-state index in [1.807, 2.05) is 0 Å². The van der Waals surface area contributed by atoms with E-state index in [1.54, 1.807) is 12.3 Å². The zero-order valence-electron chi connectivity index (χ0n) is 7.77. The van der Waals surface area contributed by atoms with Gasteiger partial charge in [-0.15, -0.1) is 0 Å². The summed E-state index contributed by atoms with van der Waals surface area (Å²) >= 11 is 3.07. The van der Waals surface area contributed by atoms with E-state index in [-0.39, 0.29) is 9.86 Å². The third kappa shape index (κ3) is 1.36. The molecule has 0 spiro atoms. The second-order valence-corrected chi connectivity index (χ2v) is 3.88. The fourth-order valence-corrected chi connectivity index (χ4v) is 2.01. The topological polar surface area (TPSA) is 97.7 Å². The molecule has 6 nitrogen and oxygen atoms in total. The number of aromatic hydroxyl groups is 2. The molecule has 0 saturated heterocycles. The number of rotatable bonds is 1. The molecule has 0 saturated carbocycles. The second-order valence-electron chi connectivity index (χ2n) is 3.09. The number of hydrogen-bond donors (Lipinski definition) is 2. The molecule has 0 amide bonds. The van der Waals surface area contributed by atoms with Crippen LogP contribution >= 0.6 is 15.9 Å². The Labute approximate surface area is 97.4 Å². The normalized spacial score (nSPS) is 10.6. The summed E-state index contributed by atoms with van der Waals surface area (Å²) in [6, 6.07) is 1.56. The lowest BCUT2D eigenvalue weighted by molar-refractivity contribution is -0.388. The summed E-state index contributed by atoms with van der Waals surface area (Å²) in [6.07, 6.45) is 2.95. The lowest BCUT2D eigenvalue weighted by atomic mass is 10.1. The second kappa shape index (κ2) is 3.60. The van der Waals surface area contributed by atoms with Crippen molar-refractivity contribution in [3.8, 4) is 11.5 Å². The van der Waals surface area contributed by atoms with Gasteiger partial charge < -0.3 is 10.2 Å². The van der Waals surface area contributed by atoms with Gasteiger partial charge in [0.15, 0.2) is 18.1 Å². The van der Waals surface area contributed by atoms with Crippen LogP contribution in [0.1, 0.15) is 0 Å². The van der Waals surface area contributed by atoms with Crippen LogP contribution in [-0.4, -0.2) is 15.1 Å². The number of nitro benzene ring substituents is 1. The highest BCUT2D eigenvalue weighted by Gasteiger charge is 2.26. The Hall–Kier alpha value is -1.89. The van der Waals surface area contributed by atoms with Gasteiger partial charge in [-0.1, -0.05) is 0 Å². The van der Waals surface area contributed by atoms with Crippen LogP contribution in [-0.2, 0) is 0 Å². The Balaban J connectivity index is 3.04. The molecule has 16 heavy (non-hydrogen) atoms. The average Bonchev–Trinajstić information content (AvgIpc) is 2.26. The summed E-state index contributed by atoms with van der Waals surface area (Å²) in [4.78, 5) is 12.8. The number of nitrogens with zero attached hydrogens (tertiary/aromatic N) is 1. The highest BCUT2D eigenvalue weighted by molar-refractivity contribution is 9.10. The predicted molar refractivity (Wildman–Crippen MR) is 58.2 cm³/mol. The largest absolute Gasteiger partial charge is 0.503 e. The highest BCUT2D eigenvalue weighted by Crippen LogP contribution is 2.46. The summed E-state index contributed by atoms with van der Waals surface area (Å²) in [5, 5.41) is 30.5. The van der Waals surface area contributed by atoms with Crippen molar-refractivity contribution in [3.63, 3.8) is 0 Å². The Bertz CT molecular complexity index is 600. The molecule has 0 aliphatic carbocycles. The van der Waals surface area contributed by atoms with Gasteiger partial charge in [0.05, 0.1) is 9.40 Å². The molecular weight excluding hydrogens is 280 g/mol. The molecule has 0 unspecified atom stereocenters. The number of pyridine rings is 1. The van der Waals surface area contributed by atoms with Crippen LogP contribution in [0.2, 0.25) is 0 Å². The average molecular weight is 286 g/mol. The molecule has 3 N–H and O–H groups in total. The van der Waals surface area contributed by atoms with Crippen molar-refractivity contribution in [2.24, 2.45) is 0 Å². The third-order valence-corrected chi connectivity index (χ3v) is 3.00. The Morgan fingerprint density at radius 1 is 1.31 bits per heavy atom. The lowest BCUT2D eigenvalue weighted by Crippen LogP contribution is -2.00. The molecule has 2 rings (SSSR count). The number of benzene rings is 1. The van der Waals surface area contributed by atoms with E-state index in [0.717, 1.165) is 0 Å². The smallest absolute Gasteiger partial charge is 0.328 e. The fraction of sp³-hybridized carbons (Fsp3) is 0. The molecular formula is C9H6BrN2O4+. The fourth-order valence-electron chi connectivity index (χ4n) is 1.47. The number of nitrogens with one attached hydrogen (secondary N) is 1. The maximum absolute atomic E-state index is 10.8. The van der Waals surface area contributed by atoms with Crippen molar-refractivity contribution in [1.82, 2.24) is 0 Å². The lowest BCUT2D eigenvalue weighted by Gasteiger charge is -2.04. The molecule has 0 bridgehead atoms. The van der Waals surface area contributed by atoms with Gasteiger partial charge >= 0.3 is 5.69 Å². The molecule has 1 heterocycles. The monoisotopic (exact) mass is 285 g/mol. The summed E-state index contributed by atoms with van der Waals surface area (Å²) in [7, 11) is 0. The maximum Gasteiger partial charge on any atom is 0.328 e. The quantitative estimate of drug-likeness (QED) is 0.474. The first-order valence-electron chi connectivity index (χ1n) is 4.21. The van der Waals surface area contributed by atoms with E-state index < -0.39 is 22.1 Å². The number of aromatic nitrogens is 1. The number of halogens is 1. The first kappa shape index (κ1) is 10.6. The van der Waals surface area contributed by atoms with Crippen LogP contribution in [0.4, 0.5) is 5.69 Å². The molecule has 2 aromatic rings. The molecule has 82 valence electrons. The molecule has 1 aromatic heterocycles. The van der Waals surface area contributed by atoms with Crippen LogP contribution in [0, 0.1) is 10.1 Å². The van der Waals surface area contributed by atoms with Gasteiger partial charge in [-0.2, -0.15) is 0 Å². The molecule has 7 heteroatoms. The van der Waals surface area contributed by atoms with Crippen molar-refractivity contribution in [1.29, 1.82) is 0 Å². The van der Waals surface area contributed by atoms with Crippen LogP contribution in [0.5, 0.6) is 11.5 Å². The number of phenolic OH excluding ortho intramolecular Hbond substituents is 2. The van der Waals surface area contributed by atoms with E-state index in [0.29, 0.717) is 5.39 Å². The van der Waals surface area contributed by atoms with Gasteiger partial charge in [0.25, 0.3) is 0 Å². The van der Waals surface area contributed by atoms with Crippen LogP contribution in [0.3, 0.4) is 0 Å². The van der Waals surface area contributed by atoms with E-state index in [2.05, 4.69) is 20.9 Å². The van der Waals surface area contributed by atoms with Gasteiger partial charge in [0, 0.05) is 11.5 Å². The number of H-pyrrole nitrogens is 1. The Morgan fingerprint density at radius 2 is 2.00 bits per heavy atom. The first-order valence-corrected chi connectivity index (χ1v) is 5.01. The minimum atomic E-state index is -0.746. The van der Waals surface area contributed by atoms with E-state index in [9.17, 15) is 20.3 Å². The summed E-state index contributed by atoms with van der Waals surface area (Å²) in [5.41, 5.74) is -0.521. The molecule has 1 aromatic carbocycles. The predicted octanol–water partition coefficient (Wildman–Crippen LogP) is 1.74. The standard InChI is InChI=1S/C9H5BrN2O4/c10-6-4-1-2-11-3-5(4)7(12(15)16)9(14)8(6)13/h1-3,13-14H/p+1. The third-order valence-electron chi connectivity index (χ3n) is 2.19. The number of aromatic amines is 1. The van der Waals surface area contributed by atoms with Crippen molar-refractivity contribution in [2.45, 2.75) is 0 Å². The Morgan fingerprint density at radius 3 is 2.62 bits per heavy atom. The molecule has 0 fully saturated rings. The minimum Gasteiger partial charge on any atom is -0.503 e. The van der Waals surface area contributed by atoms with Gasteiger partial charge in [-0.25, -0.2) is 4.98 Å². The number of hydrogen-bond acceptors (Lipinski definition) is 4. The summed E-state index contributed by atoms with van der Waals surface area (Å²) in [5.74, 6) is -1.28. The molecule has 0 aliphatic heterocycles. The number of nitro groups is 1. The van der Waals surface area contributed by atoms with Crippen molar-refractivity contribution in [2.75, 3.05) is 0 Å². The van der Waals surface area contributed by atoms with Crippen molar-refractivity contribution < 1.29 is 20.1 Å². The number of phenols is 2. The SMILES string of the molecule is O=[N+]([O-])c1c(O)c(O)c(Br)c2cc[nH+]cc12. The molecule has 0 aliphatic rings. The van der Waals surface area contributed by atoms with Crippen LogP contribution in [0.25, 0.3) is 10.8 Å². The van der Waals surface area contributed by atoms with Gasteiger partial charge in [-0.05, 0) is 15.9 Å². The van der Waals surface area contributed by atoms with E-state index in [1.165, 1.54) is 6.20 Å². The van der Waals surface area contributed by atoms with Crippen LogP contribution in [0.15, 0.2) is 22.9 Å². The zero-order valence-corrected chi connectivity index (χ0v) is 9.35. The highest BCUT2D eigenvalue weighted by atomic mass is 79.9. The van der Waals surface area contributed by atoms with Crippen molar-refractivity contribution >= 4 is 32.4 Å². The summed E-state index contributed by atoms with van der Waals surface area (Å²) in [6.45, 7) is 0. The first-order chi connectivity index (χ1) is 7.54. The minimum absolute atomic E-state index is 0.217. The maximum atomic E-state index is 10.8. The van der Waals surface area contributed by atoms with Crippen molar-refractivity contribution in [3.05, 3.63) is 33.0 Å². The molecule has 0 atom stereocenters. The van der Waals surface area contributed by atoms with Crippen LogP contribution < -0.4 is 4.98 Å². The summed E-state index contributed by atoms with van der Waals surface area (Å²) < 4.78 is 0.222.